The molecule has 5 nitrogen and oxygen atoms in total. The van der Waals surface area contributed by atoms with Crippen LogP contribution < -0.4 is 10.0 Å². The van der Waals surface area contributed by atoms with E-state index in [-0.39, 0.29) is 5.75 Å². The van der Waals surface area contributed by atoms with Crippen molar-refractivity contribution in [3.63, 3.8) is 0 Å². The van der Waals surface area contributed by atoms with Crippen molar-refractivity contribution in [2.45, 2.75) is 20.4 Å². The van der Waals surface area contributed by atoms with Crippen molar-refractivity contribution in [1.82, 2.24) is 4.98 Å². The fraction of sp³-hybridized carbons (Fsp3) is 0.267. The van der Waals surface area contributed by atoms with Crippen molar-refractivity contribution in [3.8, 4) is 0 Å². The third kappa shape index (κ3) is 4.46. The van der Waals surface area contributed by atoms with Crippen LogP contribution in [0.5, 0.6) is 0 Å². The van der Waals surface area contributed by atoms with Crippen molar-refractivity contribution in [1.29, 1.82) is 0 Å². The number of nitrogens with one attached hydrogen (secondary N) is 2. The molecule has 0 saturated carbocycles. The second-order valence-electron chi connectivity index (χ2n) is 4.72. The van der Waals surface area contributed by atoms with E-state index < -0.39 is 10.0 Å². The first kappa shape index (κ1) is 15.3. The maximum absolute atomic E-state index is 11.4. The monoisotopic (exact) mass is 305 g/mol. The average Bonchev–Trinajstić information content (AvgIpc) is 2.48. The second-order valence-corrected chi connectivity index (χ2v) is 6.73. The fourth-order valence-corrected chi connectivity index (χ4v) is 2.38. The molecule has 0 aliphatic carbocycles. The van der Waals surface area contributed by atoms with Gasteiger partial charge < -0.3 is 5.32 Å². The molecule has 0 fully saturated rings. The Morgan fingerprint density at radius 3 is 2.52 bits per heavy atom. The molecule has 1 aromatic carbocycles. The summed E-state index contributed by atoms with van der Waals surface area (Å²) in [6, 6.07) is 11.6. The molecule has 0 saturated heterocycles. The molecule has 0 radical (unpaired) electrons. The molecule has 21 heavy (non-hydrogen) atoms. The lowest BCUT2D eigenvalue weighted by molar-refractivity contribution is 0.602. The van der Waals surface area contributed by atoms with Crippen molar-refractivity contribution in [2.24, 2.45) is 0 Å². The van der Waals surface area contributed by atoms with Gasteiger partial charge in [-0.3, -0.25) is 4.72 Å². The van der Waals surface area contributed by atoms with Crippen LogP contribution in [0.1, 0.15) is 18.1 Å². The summed E-state index contributed by atoms with van der Waals surface area (Å²) in [7, 11) is -3.28. The number of rotatable bonds is 6. The predicted molar refractivity (Wildman–Crippen MR) is 85.8 cm³/mol. The van der Waals surface area contributed by atoms with Gasteiger partial charge in [-0.25, -0.2) is 13.4 Å². The molecule has 2 N–H and O–H groups in total. The molecule has 1 heterocycles. The molecule has 1 aromatic heterocycles. The van der Waals surface area contributed by atoms with Crippen LogP contribution in [0.2, 0.25) is 0 Å². The molecule has 0 unspecified atom stereocenters. The summed E-state index contributed by atoms with van der Waals surface area (Å²) < 4.78 is 25.3. The van der Waals surface area contributed by atoms with E-state index >= 15 is 0 Å². The van der Waals surface area contributed by atoms with Crippen LogP contribution in [0, 0.1) is 6.92 Å². The van der Waals surface area contributed by atoms with Crippen LogP contribution in [-0.4, -0.2) is 19.2 Å². The summed E-state index contributed by atoms with van der Waals surface area (Å²) in [5, 5.41) is 3.27. The molecule has 2 aromatic rings. The second kappa shape index (κ2) is 6.58. The number of sulfonamides is 1. The lowest BCUT2D eigenvalue weighted by Gasteiger charge is -2.10. The Kier molecular flexibility index (Phi) is 4.80. The largest absolute Gasteiger partial charge is 0.380 e. The van der Waals surface area contributed by atoms with E-state index in [9.17, 15) is 8.42 Å². The molecule has 0 aliphatic heterocycles. The summed E-state index contributed by atoms with van der Waals surface area (Å²) in [5.41, 5.74) is 3.29. The first-order valence-electron chi connectivity index (χ1n) is 6.75. The quantitative estimate of drug-likeness (QED) is 0.861. The van der Waals surface area contributed by atoms with Crippen molar-refractivity contribution in [2.75, 3.05) is 15.8 Å². The van der Waals surface area contributed by atoms with E-state index in [1.165, 1.54) is 11.1 Å². The van der Waals surface area contributed by atoms with Crippen molar-refractivity contribution >= 4 is 21.5 Å². The first-order chi connectivity index (χ1) is 10.00. The fourth-order valence-electron chi connectivity index (χ4n) is 1.80. The Morgan fingerprint density at radius 2 is 1.90 bits per heavy atom. The molecule has 0 amide bonds. The minimum Gasteiger partial charge on any atom is -0.380 e. The van der Waals surface area contributed by atoms with Gasteiger partial charge in [-0.15, -0.1) is 0 Å². The summed E-state index contributed by atoms with van der Waals surface area (Å²) in [4.78, 5) is 4.09. The molecule has 112 valence electrons. The molecule has 0 atom stereocenters. The minimum atomic E-state index is -3.28. The highest BCUT2D eigenvalue weighted by atomic mass is 32.2. The molecule has 2 rings (SSSR count). The highest BCUT2D eigenvalue weighted by Crippen LogP contribution is 2.14. The summed E-state index contributed by atoms with van der Waals surface area (Å²) in [6.07, 6.45) is 1.62. The van der Waals surface area contributed by atoms with Gasteiger partial charge in [0.1, 0.15) is 5.82 Å². The molecule has 0 spiro atoms. The maximum Gasteiger partial charge on any atom is 0.233 e. The number of aromatic nitrogens is 1. The van der Waals surface area contributed by atoms with Crippen LogP contribution in [0.25, 0.3) is 0 Å². The van der Waals surface area contributed by atoms with Gasteiger partial charge >= 0.3 is 0 Å². The number of benzene rings is 1. The van der Waals surface area contributed by atoms with Crippen LogP contribution >= 0.6 is 0 Å². The number of aryl methyl sites for hydroxylation is 1. The molecular formula is C15H19N3O2S. The van der Waals surface area contributed by atoms with E-state index in [2.05, 4.69) is 34.1 Å². The minimum absolute atomic E-state index is 0.0297. The van der Waals surface area contributed by atoms with Gasteiger partial charge in [-0.05, 0) is 37.1 Å². The number of anilines is 2. The number of hydrogen-bond acceptors (Lipinski definition) is 4. The van der Waals surface area contributed by atoms with E-state index in [4.69, 9.17) is 0 Å². The highest BCUT2D eigenvalue weighted by molar-refractivity contribution is 7.92. The van der Waals surface area contributed by atoms with E-state index in [1.807, 2.05) is 12.1 Å². The Hall–Kier alpha value is -2.08. The van der Waals surface area contributed by atoms with Gasteiger partial charge in [0, 0.05) is 6.54 Å². The SMILES string of the molecule is CCS(=O)(=O)Nc1ccc(NCc2ccccc2C)cn1. The number of hydrogen-bond donors (Lipinski definition) is 2. The van der Waals surface area contributed by atoms with Gasteiger partial charge in [0.25, 0.3) is 0 Å². The van der Waals surface area contributed by atoms with Crippen molar-refractivity contribution in [3.05, 3.63) is 53.7 Å². The van der Waals surface area contributed by atoms with E-state index in [1.54, 1.807) is 25.3 Å². The number of nitrogens with zero attached hydrogens (tertiary/aromatic N) is 1. The van der Waals surface area contributed by atoms with Crippen LogP contribution in [0.4, 0.5) is 11.5 Å². The van der Waals surface area contributed by atoms with E-state index in [0.717, 1.165) is 5.69 Å². The standard InChI is InChI=1S/C15H19N3O2S/c1-3-21(19,20)18-15-9-8-14(11-17-15)16-10-13-7-5-4-6-12(13)2/h4-9,11,16H,3,10H2,1-2H3,(H,17,18). The predicted octanol–water partition coefficient (Wildman–Crippen LogP) is 2.76. The van der Waals surface area contributed by atoms with Crippen LogP contribution in [0.15, 0.2) is 42.6 Å². The Bertz CT molecular complexity index is 697. The zero-order valence-corrected chi connectivity index (χ0v) is 12.9. The van der Waals surface area contributed by atoms with Crippen molar-refractivity contribution < 1.29 is 8.42 Å². The normalized spacial score (nSPS) is 11.1. The van der Waals surface area contributed by atoms with Gasteiger partial charge in [0.2, 0.25) is 10.0 Å². The lowest BCUT2D eigenvalue weighted by Crippen LogP contribution is -2.15. The Balaban J connectivity index is 1.98. The topological polar surface area (TPSA) is 71.1 Å². The summed E-state index contributed by atoms with van der Waals surface area (Å²) in [6.45, 7) is 4.35. The zero-order valence-electron chi connectivity index (χ0n) is 12.1. The summed E-state index contributed by atoms with van der Waals surface area (Å²) >= 11 is 0. The van der Waals surface area contributed by atoms with E-state index in [0.29, 0.717) is 12.4 Å². The first-order valence-corrected chi connectivity index (χ1v) is 8.40. The smallest absolute Gasteiger partial charge is 0.233 e. The van der Waals surface area contributed by atoms with Gasteiger partial charge in [0.05, 0.1) is 17.6 Å². The number of pyridine rings is 1. The zero-order chi connectivity index (χ0) is 15.3. The summed E-state index contributed by atoms with van der Waals surface area (Å²) in [5.74, 6) is 0.361. The highest BCUT2D eigenvalue weighted by Gasteiger charge is 2.07. The van der Waals surface area contributed by atoms with Gasteiger partial charge in [-0.2, -0.15) is 0 Å². The molecule has 0 bridgehead atoms. The maximum atomic E-state index is 11.4. The third-order valence-electron chi connectivity index (χ3n) is 3.15. The molecule has 0 aliphatic rings. The lowest BCUT2D eigenvalue weighted by atomic mass is 10.1. The molecular weight excluding hydrogens is 286 g/mol. The third-order valence-corrected chi connectivity index (χ3v) is 4.43. The molecule has 6 heteroatoms. The van der Waals surface area contributed by atoms with Gasteiger partial charge in [-0.1, -0.05) is 24.3 Å². The average molecular weight is 305 g/mol. The Labute approximate surface area is 125 Å². The van der Waals surface area contributed by atoms with Crippen LogP contribution in [0.3, 0.4) is 0 Å². The Morgan fingerprint density at radius 1 is 1.14 bits per heavy atom. The van der Waals surface area contributed by atoms with Crippen LogP contribution in [-0.2, 0) is 16.6 Å². The van der Waals surface area contributed by atoms with Gasteiger partial charge in [0.15, 0.2) is 0 Å².